The van der Waals surface area contributed by atoms with E-state index in [4.69, 9.17) is 5.11 Å². The molecule has 0 radical (unpaired) electrons. The highest BCUT2D eigenvalue weighted by molar-refractivity contribution is 7.91. The number of aliphatic hydroxyl groups is 1. The van der Waals surface area contributed by atoms with Gasteiger partial charge in [-0.1, -0.05) is 6.07 Å². The van der Waals surface area contributed by atoms with Crippen LogP contribution in [0.4, 0.5) is 0 Å². The second kappa shape index (κ2) is 6.01. The van der Waals surface area contributed by atoms with Crippen LogP contribution in [0.25, 0.3) is 10.6 Å². The molecule has 0 saturated carbocycles. The smallest absolute Gasteiger partial charge is 0.252 e. The molecule has 2 aromatic heterocycles. The summed E-state index contributed by atoms with van der Waals surface area (Å²) in [5, 5.41) is 9.09. The van der Waals surface area contributed by atoms with Gasteiger partial charge >= 0.3 is 0 Å². The molecule has 2 rings (SSSR count). The molecule has 0 aliphatic rings. The maximum absolute atomic E-state index is 12.4. The molecule has 0 aliphatic carbocycles. The predicted molar refractivity (Wildman–Crippen MR) is 79.0 cm³/mol. The van der Waals surface area contributed by atoms with E-state index in [1.54, 1.807) is 25.3 Å². The molecule has 0 spiro atoms. The van der Waals surface area contributed by atoms with E-state index in [1.165, 1.54) is 22.7 Å². The average molecular weight is 312 g/mol. The van der Waals surface area contributed by atoms with Gasteiger partial charge in [0, 0.05) is 19.3 Å². The molecule has 0 aromatic carbocycles. The van der Waals surface area contributed by atoms with E-state index in [0.29, 0.717) is 0 Å². The molecule has 2 heterocycles. The van der Waals surface area contributed by atoms with Gasteiger partial charge in [-0.2, -0.15) is 4.31 Å². The second-order valence-electron chi connectivity index (χ2n) is 4.39. The first-order valence-corrected chi connectivity index (χ1v) is 8.32. The summed E-state index contributed by atoms with van der Waals surface area (Å²) in [6.07, 6.45) is 1.67. The number of sulfonamides is 1. The topological polar surface area (TPSA) is 70.5 Å². The summed E-state index contributed by atoms with van der Waals surface area (Å²) in [4.78, 5) is 5.00. The van der Waals surface area contributed by atoms with Crippen LogP contribution in [-0.4, -0.2) is 42.5 Å². The van der Waals surface area contributed by atoms with E-state index in [0.717, 1.165) is 10.6 Å². The van der Waals surface area contributed by atoms with Crippen LogP contribution in [0.1, 0.15) is 6.92 Å². The zero-order valence-corrected chi connectivity index (χ0v) is 12.9. The summed E-state index contributed by atoms with van der Waals surface area (Å²) < 4.78 is 26.2. The Morgan fingerprint density at radius 3 is 2.70 bits per heavy atom. The van der Waals surface area contributed by atoms with Gasteiger partial charge in [0.05, 0.1) is 17.2 Å². The number of aliphatic hydroxyl groups excluding tert-OH is 1. The molecule has 0 amide bonds. The normalized spacial score (nSPS) is 13.6. The Hall–Kier alpha value is -1.28. The fraction of sp³-hybridized carbons (Fsp3) is 0.308. The monoisotopic (exact) mass is 312 g/mol. The molecule has 108 valence electrons. The number of rotatable bonds is 5. The van der Waals surface area contributed by atoms with E-state index in [2.05, 4.69) is 4.98 Å². The number of hydrogen-bond acceptors (Lipinski definition) is 5. The van der Waals surface area contributed by atoms with Crippen molar-refractivity contribution in [2.75, 3.05) is 13.7 Å². The zero-order valence-electron chi connectivity index (χ0n) is 11.2. The van der Waals surface area contributed by atoms with Crippen molar-refractivity contribution in [3.63, 3.8) is 0 Å². The molecule has 7 heteroatoms. The van der Waals surface area contributed by atoms with Gasteiger partial charge in [-0.3, -0.25) is 4.98 Å². The summed E-state index contributed by atoms with van der Waals surface area (Å²) in [6, 6.07) is 8.37. The highest BCUT2D eigenvalue weighted by Crippen LogP contribution is 2.31. The summed E-state index contributed by atoms with van der Waals surface area (Å²) >= 11 is 1.18. The van der Waals surface area contributed by atoms with Gasteiger partial charge < -0.3 is 5.11 Å². The fourth-order valence-electron chi connectivity index (χ4n) is 1.60. The number of thiophene rings is 1. The van der Waals surface area contributed by atoms with Crippen molar-refractivity contribution in [3.05, 3.63) is 36.5 Å². The van der Waals surface area contributed by atoms with Crippen molar-refractivity contribution in [3.8, 4) is 10.6 Å². The molecule has 2 aromatic rings. The van der Waals surface area contributed by atoms with E-state index in [-0.39, 0.29) is 10.8 Å². The third kappa shape index (κ3) is 2.90. The average Bonchev–Trinajstić information content (AvgIpc) is 2.97. The maximum Gasteiger partial charge on any atom is 0.252 e. The van der Waals surface area contributed by atoms with Crippen molar-refractivity contribution >= 4 is 21.4 Å². The predicted octanol–water partition coefficient (Wildman–Crippen LogP) is 1.81. The third-order valence-corrected chi connectivity index (χ3v) is 6.56. The van der Waals surface area contributed by atoms with Gasteiger partial charge in [0.15, 0.2) is 0 Å². The first kappa shape index (κ1) is 15.1. The van der Waals surface area contributed by atoms with Crippen LogP contribution in [-0.2, 0) is 10.0 Å². The van der Waals surface area contributed by atoms with Gasteiger partial charge in [0.1, 0.15) is 4.21 Å². The molecule has 0 unspecified atom stereocenters. The van der Waals surface area contributed by atoms with E-state index in [1.807, 2.05) is 18.2 Å². The first-order valence-electron chi connectivity index (χ1n) is 6.07. The van der Waals surface area contributed by atoms with Crippen molar-refractivity contribution in [2.45, 2.75) is 17.2 Å². The highest BCUT2D eigenvalue weighted by atomic mass is 32.2. The Labute approximate surface area is 122 Å². The van der Waals surface area contributed by atoms with Crippen LogP contribution in [0, 0.1) is 0 Å². The standard InChI is InChI=1S/C13H16N2O3S2/c1-10(9-16)15(2)20(17,18)13-7-6-12(19-13)11-5-3-4-8-14-11/h3-8,10,16H,9H2,1-2H3/t10-/m1/s1. The lowest BCUT2D eigenvalue weighted by Gasteiger charge is -2.21. The fourth-order valence-corrected chi connectivity index (χ4v) is 4.42. The van der Waals surface area contributed by atoms with Crippen LogP contribution >= 0.6 is 11.3 Å². The quantitative estimate of drug-likeness (QED) is 0.914. The lowest BCUT2D eigenvalue weighted by molar-refractivity contribution is 0.214. The SMILES string of the molecule is C[C@H](CO)N(C)S(=O)(=O)c1ccc(-c2ccccn2)s1. The lowest BCUT2D eigenvalue weighted by atomic mass is 10.3. The molecular formula is C13H16N2O3S2. The van der Waals surface area contributed by atoms with Gasteiger partial charge in [0.25, 0.3) is 10.0 Å². The van der Waals surface area contributed by atoms with Gasteiger partial charge in [-0.15, -0.1) is 11.3 Å². The molecule has 1 atom stereocenters. The molecule has 1 N–H and O–H groups in total. The molecule has 5 nitrogen and oxygen atoms in total. The molecule has 0 aliphatic heterocycles. The maximum atomic E-state index is 12.4. The first-order chi connectivity index (χ1) is 9.46. The van der Waals surface area contributed by atoms with Crippen LogP contribution < -0.4 is 0 Å². The Morgan fingerprint density at radius 2 is 2.10 bits per heavy atom. The van der Waals surface area contributed by atoms with Crippen LogP contribution in [0.5, 0.6) is 0 Å². The number of likely N-dealkylation sites (N-methyl/N-ethyl adjacent to an activating group) is 1. The molecular weight excluding hydrogens is 296 g/mol. The number of pyridine rings is 1. The Balaban J connectivity index is 2.34. The van der Waals surface area contributed by atoms with E-state index >= 15 is 0 Å². The van der Waals surface area contributed by atoms with Crippen molar-refractivity contribution < 1.29 is 13.5 Å². The summed E-state index contributed by atoms with van der Waals surface area (Å²) in [5.74, 6) is 0. The third-order valence-electron chi connectivity index (χ3n) is 3.02. The van der Waals surface area contributed by atoms with Crippen LogP contribution in [0.15, 0.2) is 40.7 Å². The molecule has 0 bridgehead atoms. The molecule has 0 fully saturated rings. The summed E-state index contributed by atoms with van der Waals surface area (Å²) in [7, 11) is -2.10. The number of hydrogen-bond donors (Lipinski definition) is 1. The molecule has 0 saturated heterocycles. The molecule has 20 heavy (non-hydrogen) atoms. The highest BCUT2D eigenvalue weighted by Gasteiger charge is 2.26. The summed E-state index contributed by atoms with van der Waals surface area (Å²) in [5.41, 5.74) is 0.747. The minimum Gasteiger partial charge on any atom is -0.395 e. The van der Waals surface area contributed by atoms with Crippen molar-refractivity contribution in [2.24, 2.45) is 0 Å². The second-order valence-corrected chi connectivity index (χ2v) is 7.69. The number of aromatic nitrogens is 1. The van der Waals surface area contributed by atoms with Crippen molar-refractivity contribution in [1.82, 2.24) is 9.29 Å². The van der Waals surface area contributed by atoms with E-state index < -0.39 is 16.1 Å². The minimum absolute atomic E-state index is 0.214. The van der Waals surface area contributed by atoms with Crippen LogP contribution in [0.2, 0.25) is 0 Å². The Kier molecular flexibility index (Phi) is 4.54. The van der Waals surface area contributed by atoms with Gasteiger partial charge in [-0.05, 0) is 31.2 Å². The number of nitrogens with zero attached hydrogens (tertiary/aromatic N) is 2. The Morgan fingerprint density at radius 1 is 1.35 bits per heavy atom. The zero-order chi connectivity index (χ0) is 14.8. The Bertz CT molecular complexity index is 668. The van der Waals surface area contributed by atoms with E-state index in [9.17, 15) is 8.42 Å². The van der Waals surface area contributed by atoms with Gasteiger partial charge in [0.2, 0.25) is 0 Å². The lowest BCUT2D eigenvalue weighted by Crippen LogP contribution is -2.36. The largest absolute Gasteiger partial charge is 0.395 e. The van der Waals surface area contributed by atoms with Crippen molar-refractivity contribution in [1.29, 1.82) is 0 Å². The minimum atomic E-state index is -3.57. The van der Waals surface area contributed by atoms with Crippen LogP contribution in [0.3, 0.4) is 0 Å². The summed E-state index contributed by atoms with van der Waals surface area (Å²) in [6.45, 7) is 1.44. The van der Waals surface area contributed by atoms with Gasteiger partial charge in [-0.25, -0.2) is 8.42 Å².